The van der Waals surface area contributed by atoms with Crippen LogP contribution in [0, 0.1) is 5.82 Å². The van der Waals surface area contributed by atoms with E-state index < -0.39 is 0 Å². The van der Waals surface area contributed by atoms with Crippen molar-refractivity contribution >= 4 is 11.9 Å². The minimum absolute atomic E-state index is 0.0138. The smallest absolute Gasteiger partial charge is 0.253 e. The Hall–Kier alpha value is -3.09. The lowest BCUT2D eigenvalue weighted by atomic mass is 10.1. The Bertz CT molecular complexity index is 883. The molecule has 0 spiro atoms. The van der Waals surface area contributed by atoms with Crippen molar-refractivity contribution in [1.29, 1.82) is 0 Å². The first kappa shape index (κ1) is 23.2. The van der Waals surface area contributed by atoms with Crippen LogP contribution in [0.3, 0.4) is 0 Å². The van der Waals surface area contributed by atoms with Gasteiger partial charge >= 0.3 is 0 Å². The van der Waals surface area contributed by atoms with E-state index in [0.717, 1.165) is 23.6 Å². The number of carbonyl (C=O) groups is 1. The van der Waals surface area contributed by atoms with Gasteiger partial charge in [-0.25, -0.2) is 4.39 Å². The molecule has 0 heterocycles. The second-order valence-electron chi connectivity index (χ2n) is 7.21. The van der Waals surface area contributed by atoms with Crippen LogP contribution in [-0.2, 0) is 13.0 Å². The predicted octanol–water partition coefficient (Wildman–Crippen LogP) is 3.18. The van der Waals surface area contributed by atoms with Crippen LogP contribution in [0.15, 0.2) is 47.5 Å². The number of guanidine groups is 1. The summed E-state index contributed by atoms with van der Waals surface area (Å²) in [6, 6.07) is 12.6. The monoisotopic (exact) mass is 414 g/mol. The number of nitrogens with one attached hydrogen (secondary N) is 1. The van der Waals surface area contributed by atoms with E-state index in [4.69, 9.17) is 4.74 Å². The highest BCUT2D eigenvalue weighted by Gasteiger charge is 2.10. The molecule has 0 aliphatic heterocycles. The lowest BCUT2D eigenvalue weighted by Gasteiger charge is -2.22. The lowest BCUT2D eigenvalue weighted by Crippen LogP contribution is -2.38. The predicted molar refractivity (Wildman–Crippen MR) is 119 cm³/mol. The molecule has 0 saturated heterocycles. The van der Waals surface area contributed by atoms with Crippen molar-refractivity contribution in [1.82, 2.24) is 15.1 Å². The number of ether oxygens (including phenoxy) is 1. The van der Waals surface area contributed by atoms with E-state index in [-0.39, 0.29) is 17.5 Å². The van der Waals surface area contributed by atoms with E-state index in [1.165, 1.54) is 13.2 Å². The average molecular weight is 415 g/mol. The highest BCUT2D eigenvalue weighted by atomic mass is 19.1. The molecule has 7 heteroatoms. The van der Waals surface area contributed by atoms with Crippen molar-refractivity contribution in [3.8, 4) is 5.75 Å². The summed E-state index contributed by atoms with van der Waals surface area (Å²) in [5.74, 6) is 0.587. The maximum absolute atomic E-state index is 14.0. The number of halogens is 1. The van der Waals surface area contributed by atoms with Gasteiger partial charge in [-0.15, -0.1) is 0 Å². The van der Waals surface area contributed by atoms with Gasteiger partial charge in [-0.1, -0.05) is 18.2 Å². The molecular formula is C23H31FN4O2. The Balaban J connectivity index is 2.04. The molecule has 0 aliphatic carbocycles. The largest absolute Gasteiger partial charge is 0.494 e. The molecule has 0 atom stereocenters. The molecule has 6 nitrogen and oxygen atoms in total. The van der Waals surface area contributed by atoms with E-state index in [0.29, 0.717) is 25.1 Å². The van der Waals surface area contributed by atoms with E-state index >= 15 is 0 Å². The molecule has 2 aromatic rings. The van der Waals surface area contributed by atoms with Gasteiger partial charge in [-0.05, 0) is 48.7 Å². The first-order valence-corrected chi connectivity index (χ1v) is 9.98. The average Bonchev–Trinajstić information content (AvgIpc) is 2.72. The van der Waals surface area contributed by atoms with Crippen LogP contribution >= 0.6 is 0 Å². The topological polar surface area (TPSA) is 57.2 Å². The maximum atomic E-state index is 14.0. The number of aliphatic imine (C=N–C) groups is 1. The maximum Gasteiger partial charge on any atom is 0.253 e. The quantitative estimate of drug-likeness (QED) is 0.533. The van der Waals surface area contributed by atoms with Crippen LogP contribution in [0.2, 0.25) is 0 Å². The first-order chi connectivity index (χ1) is 14.3. The van der Waals surface area contributed by atoms with Gasteiger partial charge in [0.25, 0.3) is 5.91 Å². The Morgan fingerprint density at radius 3 is 2.53 bits per heavy atom. The van der Waals surface area contributed by atoms with Gasteiger partial charge in [0, 0.05) is 46.3 Å². The van der Waals surface area contributed by atoms with E-state index in [1.54, 1.807) is 25.1 Å². The number of carbonyl (C=O) groups excluding carboxylic acids is 1. The Morgan fingerprint density at radius 2 is 1.90 bits per heavy atom. The molecular weight excluding hydrogens is 383 g/mol. The van der Waals surface area contributed by atoms with Crippen molar-refractivity contribution in [3.63, 3.8) is 0 Å². The zero-order valence-electron chi connectivity index (χ0n) is 18.4. The zero-order valence-corrected chi connectivity index (χ0v) is 18.4. The summed E-state index contributed by atoms with van der Waals surface area (Å²) < 4.78 is 18.9. The third-order valence-electron chi connectivity index (χ3n) is 4.57. The number of methoxy groups -OCH3 is 1. The van der Waals surface area contributed by atoms with Crippen molar-refractivity contribution in [2.45, 2.75) is 19.9 Å². The summed E-state index contributed by atoms with van der Waals surface area (Å²) in [5, 5.41) is 3.27. The van der Waals surface area contributed by atoms with Gasteiger partial charge in [0.15, 0.2) is 17.5 Å². The summed E-state index contributed by atoms with van der Waals surface area (Å²) in [4.78, 5) is 20.3. The Labute approximate surface area is 178 Å². The van der Waals surface area contributed by atoms with E-state index in [9.17, 15) is 9.18 Å². The van der Waals surface area contributed by atoms with Crippen LogP contribution in [0.25, 0.3) is 0 Å². The molecule has 0 aliphatic rings. The summed E-state index contributed by atoms with van der Waals surface area (Å²) in [7, 11) is 6.85. The number of amides is 1. The van der Waals surface area contributed by atoms with Crippen LogP contribution in [0.4, 0.5) is 4.39 Å². The lowest BCUT2D eigenvalue weighted by molar-refractivity contribution is 0.0827. The third kappa shape index (κ3) is 6.47. The highest BCUT2D eigenvalue weighted by molar-refractivity contribution is 5.94. The van der Waals surface area contributed by atoms with Gasteiger partial charge in [-0.3, -0.25) is 9.79 Å². The van der Waals surface area contributed by atoms with Gasteiger partial charge < -0.3 is 19.9 Å². The zero-order chi connectivity index (χ0) is 22.1. The van der Waals surface area contributed by atoms with Crippen LogP contribution in [0.5, 0.6) is 5.75 Å². The molecule has 0 aromatic heterocycles. The molecule has 162 valence electrons. The minimum atomic E-state index is -0.377. The molecule has 2 rings (SSSR count). The van der Waals surface area contributed by atoms with Crippen LogP contribution in [0.1, 0.15) is 28.4 Å². The fraction of sp³-hybridized carbons (Fsp3) is 0.391. The van der Waals surface area contributed by atoms with Gasteiger partial charge in [0.2, 0.25) is 0 Å². The van der Waals surface area contributed by atoms with Crippen molar-refractivity contribution in [2.75, 3.05) is 41.3 Å². The highest BCUT2D eigenvalue weighted by Crippen LogP contribution is 2.18. The molecule has 0 radical (unpaired) electrons. The second kappa shape index (κ2) is 11.2. The summed E-state index contributed by atoms with van der Waals surface area (Å²) in [6.45, 7) is 3.82. The molecule has 0 bridgehead atoms. The first-order valence-electron chi connectivity index (χ1n) is 9.98. The normalized spacial score (nSPS) is 11.2. The molecule has 1 amide bonds. The van der Waals surface area contributed by atoms with Crippen molar-refractivity contribution < 1.29 is 13.9 Å². The molecule has 30 heavy (non-hydrogen) atoms. The summed E-state index contributed by atoms with van der Waals surface area (Å²) in [5.41, 5.74) is 2.56. The van der Waals surface area contributed by atoms with E-state index in [2.05, 4.69) is 10.3 Å². The fourth-order valence-corrected chi connectivity index (χ4v) is 3.04. The summed E-state index contributed by atoms with van der Waals surface area (Å²) >= 11 is 0. The van der Waals surface area contributed by atoms with Gasteiger partial charge in [0.1, 0.15) is 0 Å². The number of hydrogen-bond donors (Lipinski definition) is 1. The molecule has 0 saturated carbocycles. The third-order valence-corrected chi connectivity index (χ3v) is 4.57. The number of benzene rings is 2. The fourth-order valence-electron chi connectivity index (χ4n) is 3.04. The van der Waals surface area contributed by atoms with Crippen LogP contribution < -0.4 is 10.1 Å². The Morgan fingerprint density at radius 1 is 1.13 bits per heavy atom. The minimum Gasteiger partial charge on any atom is -0.494 e. The number of rotatable bonds is 8. The summed E-state index contributed by atoms with van der Waals surface area (Å²) in [6.07, 6.45) is 0.717. The van der Waals surface area contributed by atoms with E-state index in [1.807, 2.05) is 49.2 Å². The number of nitrogens with zero attached hydrogens (tertiary/aromatic N) is 3. The number of hydrogen-bond acceptors (Lipinski definition) is 3. The Kier molecular flexibility index (Phi) is 8.65. The van der Waals surface area contributed by atoms with Crippen LogP contribution in [-0.4, -0.2) is 63.0 Å². The van der Waals surface area contributed by atoms with Gasteiger partial charge in [-0.2, -0.15) is 0 Å². The molecule has 0 fully saturated rings. The standard InChI is InChI=1S/C23H31FN4O2/c1-6-25-23(28(4)16-18-10-11-21(30-5)20(24)15-18)26-13-12-17-8-7-9-19(14-17)22(29)27(2)3/h7-11,14-15H,6,12-13,16H2,1-5H3,(H,25,26). The molecule has 0 unspecified atom stereocenters. The molecule has 1 N–H and O–H groups in total. The van der Waals surface area contributed by atoms with Gasteiger partial charge in [0.05, 0.1) is 7.11 Å². The second-order valence-corrected chi connectivity index (χ2v) is 7.21. The SMILES string of the molecule is CCNC(=NCCc1cccc(C(=O)N(C)C)c1)N(C)Cc1ccc(OC)c(F)c1. The molecule has 2 aromatic carbocycles. The van der Waals surface area contributed by atoms with Crippen molar-refractivity contribution in [2.24, 2.45) is 4.99 Å². The van der Waals surface area contributed by atoms with Crippen molar-refractivity contribution in [3.05, 3.63) is 65.0 Å².